The summed E-state index contributed by atoms with van der Waals surface area (Å²) in [5, 5.41) is 3.91. The number of hydrogen-bond acceptors (Lipinski definition) is 3. The molecule has 0 radical (unpaired) electrons. The van der Waals surface area contributed by atoms with Crippen molar-refractivity contribution in [2.75, 3.05) is 0 Å². The Labute approximate surface area is 94.7 Å². The van der Waals surface area contributed by atoms with Crippen molar-refractivity contribution in [1.82, 2.24) is 5.16 Å². The Balaban J connectivity index is 2.40. The van der Waals surface area contributed by atoms with Gasteiger partial charge in [0.15, 0.2) is 5.76 Å². The van der Waals surface area contributed by atoms with Gasteiger partial charge in [0, 0.05) is 17.4 Å². The first-order chi connectivity index (χ1) is 7.20. The van der Waals surface area contributed by atoms with Crippen molar-refractivity contribution in [2.24, 2.45) is 0 Å². The lowest BCUT2D eigenvalue weighted by Gasteiger charge is -2.01. The van der Waals surface area contributed by atoms with Gasteiger partial charge in [0.25, 0.3) is 0 Å². The monoisotopic (exact) mass is 219 g/mol. The average Bonchev–Trinajstić information content (AvgIpc) is 2.70. The standard InChI is InChI=1S/C12H13NOS/c1-8-3-4-10(5-9(8)2)12-6-11(7-15)13-14-12/h3-6,15H,7H2,1-2H3. The van der Waals surface area contributed by atoms with Crippen molar-refractivity contribution in [1.29, 1.82) is 0 Å². The van der Waals surface area contributed by atoms with Gasteiger partial charge in [0.2, 0.25) is 0 Å². The number of aryl methyl sites for hydroxylation is 2. The van der Waals surface area contributed by atoms with Crippen molar-refractivity contribution >= 4 is 12.6 Å². The highest BCUT2D eigenvalue weighted by Crippen LogP contribution is 2.23. The van der Waals surface area contributed by atoms with E-state index >= 15 is 0 Å². The molecule has 0 aliphatic heterocycles. The van der Waals surface area contributed by atoms with Crippen LogP contribution >= 0.6 is 12.6 Å². The number of nitrogens with zero attached hydrogens (tertiary/aromatic N) is 1. The van der Waals surface area contributed by atoms with E-state index in [0.29, 0.717) is 5.75 Å². The van der Waals surface area contributed by atoms with Gasteiger partial charge in [-0.25, -0.2) is 0 Å². The summed E-state index contributed by atoms with van der Waals surface area (Å²) in [5.74, 6) is 1.41. The fraction of sp³-hybridized carbons (Fsp3) is 0.250. The Morgan fingerprint density at radius 2 is 2.00 bits per heavy atom. The molecule has 0 bridgehead atoms. The summed E-state index contributed by atoms with van der Waals surface area (Å²) in [5.41, 5.74) is 4.48. The fourth-order valence-corrected chi connectivity index (χ4v) is 1.57. The van der Waals surface area contributed by atoms with Gasteiger partial charge in [-0.15, -0.1) is 0 Å². The zero-order valence-electron chi connectivity index (χ0n) is 8.82. The molecule has 78 valence electrons. The molecule has 1 aromatic carbocycles. The quantitative estimate of drug-likeness (QED) is 0.783. The minimum Gasteiger partial charge on any atom is -0.356 e. The van der Waals surface area contributed by atoms with Gasteiger partial charge < -0.3 is 4.52 Å². The maximum atomic E-state index is 5.24. The van der Waals surface area contributed by atoms with Crippen LogP contribution in [0.25, 0.3) is 11.3 Å². The maximum Gasteiger partial charge on any atom is 0.167 e. The van der Waals surface area contributed by atoms with Crippen LogP contribution in [0.5, 0.6) is 0 Å². The van der Waals surface area contributed by atoms with E-state index in [9.17, 15) is 0 Å². The molecule has 3 heteroatoms. The van der Waals surface area contributed by atoms with Gasteiger partial charge in [-0.1, -0.05) is 17.3 Å². The highest BCUT2D eigenvalue weighted by atomic mass is 32.1. The van der Waals surface area contributed by atoms with Gasteiger partial charge in [0.05, 0.1) is 5.69 Å². The third-order valence-corrected chi connectivity index (χ3v) is 2.84. The third-order valence-electron chi connectivity index (χ3n) is 2.51. The van der Waals surface area contributed by atoms with E-state index in [-0.39, 0.29) is 0 Å². The Kier molecular flexibility index (Phi) is 2.82. The molecule has 2 aromatic rings. The third kappa shape index (κ3) is 2.07. The van der Waals surface area contributed by atoms with Crippen LogP contribution in [0.3, 0.4) is 0 Å². The molecule has 0 atom stereocenters. The minimum atomic E-state index is 0.605. The molecule has 1 aromatic heterocycles. The first kappa shape index (κ1) is 10.3. The van der Waals surface area contributed by atoms with Crippen LogP contribution in [0.2, 0.25) is 0 Å². The Hall–Kier alpha value is -1.22. The zero-order valence-corrected chi connectivity index (χ0v) is 9.71. The van der Waals surface area contributed by atoms with E-state index in [1.54, 1.807) is 0 Å². The van der Waals surface area contributed by atoms with Crippen molar-refractivity contribution in [3.05, 3.63) is 41.1 Å². The summed E-state index contributed by atoms with van der Waals surface area (Å²) < 4.78 is 5.24. The molecule has 0 fully saturated rings. The number of benzene rings is 1. The van der Waals surface area contributed by atoms with Crippen LogP contribution in [0.1, 0.15) is 16.8 Å². The van der Waals surface area contributed by atoms with Gasteiger partial charge in [-0.3, -0.25) is 0 Å². The first-order valence-electron chi connectivity index (χ1n) is 4.85. The molecule has 0 spiro atoms. The molecule has 0 saturated carbocycles. The number of hydrogen-bond donors (Lipinski definition) is 1. The molecule has 0 aliphatic carbocycles. The Bertz CT molecular complexity index is 476. The largest absolute Gasteiger partial charge is 0.356 e. The van der Waals surface area contributed by atoms with E-state index in [0.717, 1.165) is 17.0 Å². The molecular weight excluding hydrogens is 206 g/mol. The average molecular weight is 219 g/mol. The second-order valence-electron chi connectivity index (χ2n) is 3.64. The highest BCUT2D eigenvalue weighted by Gasteiger charge is 2.06. The van der Waals surface area contributed by atoms with Crippen LogP contribution in [-0.2, 0) is 5.75 Å². The second-order valence-corrected chi connectivity index (χ2v) is 3.96. The number of rotatable bonds is 2. The molecule has 0 amide bonds. The second kappa shape index (κ2) is 4.11. The molecule has 1 heterocycles. The predicted octanol–water partition coefficient (Wildman–Crippen LogP) is 3.39. The van der Waals surface area contributed by atoms with Gasteiger partial charge >= 0.3 is 0 Å². The SMILES string of the molecule is Cc1ccc(-c2cc(CS)no2)cc1C. The molecule has 2 rings (SSSR count). The van der Waals surface area contributed by atoms with Crippen LogP contribution in [0.15, 0.2) is 28.8 Å². The summed E-state index contributed by atoms with van der Waals surface area (Å²) in [4.78, 5) is 0. The van der Waals surface area contributed by atoms with E-state index in [2.05, 4.69) is 43.8 Å². The number of aromatic nitrogens is 1. The Morgan fingerprint density at radius 3 is 2.60 bits per heavy atom. The summed E-state index contributed by atoms with van der Waals surface area (Å²) >= 11 is 4.15. The first-order valence-corrected chi connectivity index (χ1v) is 5.48. The predicted molar refractivity (Wildman–Crippen MR) is 64.1 cm³/mol. The van der Waals surface area contributed by atoms with Crippen molar-refractivity contribution in [3.63, 3.8) is 0 Å². The lowest BCUT2D eigenvalue weighted by Crippen LogP contribution is -1.81. The molecular formula is C12H13NOS. The van der Waals surface area contributed by atoms with E-state index in [1.165, 1.54) is 11.1 Å². The van der Waals surface area contributed by atoms with Gasteiger partial charge in [-0.2, -0.15) is 12.6 Å². The smallest absolute Gasteiger partial charge is 0.167 e. The van der Waals surface area contributed by atoms with E-state index in [1.807, 2.05) is 12.1 Å². The van der Waals surface area contributed by atoms with Gasteiger partial charge in [0.1, 0.15) is 0 Å². The summed E-state index contributed by atoms with van der Waals surface area (Å²) in [7, 11) is 0. The molecule has 15 heavy (non-hydrogen) atoms. The normalized spacial score (nSPS) is 10.6. The van der Waals surface area contributed by atoms with Crippen molar-refractivity contribution < 1.29 is 4.52 Å². The van der Waals surface area contributed by atoms with Crippen molar-refractivity contribution in [2.45, 2.75) is 19.6 Å². The zero-order chi connectivity index (χ0) is 10.8. The molecule has 0 aliphatic rings. The lowest BCUT2D eigenvalue weighted by atomic mass is 10.0. The maximum absolute atomic E-state index is 5.24. The van der Waals surface area contributed by atoms with Gasteiger partial charge in [-0.05, 0) is 31.0 Å². The topological polar surface area (TPSA) is 26.0 Å². The summed E-state index contributed by atoms with van der Waals surface area (Å²) in [6.07, 6.45) is 0. The molecule has 0 saturated heterocycles. The van der Waals surface area contributed by atoms with Crippen LogP contribution in [-0.4, -0.2) is 5.16 Å². The fourth-order valence-electron chi connectivity index (χ4n) is 1.42. The lowest BCUT2D eigenvalue weighted by molar-refractivity contribution is 0.426. The Morgan fingerprint density at radius 1 is 1.20 bits per heavy atom. The van der Waals surface area contributed by atoms with E-state index < -0.39 is 0 Å². The summed E-state index contributed by atoms with van der Waals surface area (Å²) in [6, 6.07) is 8.17. The summed E-state index contributed by atoms with van der Waals surface area (Å²) in [6.45, 7) is 4.19. The highest BCUT2D eigenvalue weighted by molar-refractivity contribution is 7.79. The van der Waals surface area contributed by atoms with Crippen LogP contribution < -0.4 is 0 Å². The van der Waals surface area contributed by atoms with E-state index in [4.69, 9.17) is 4.52 Å². The van der Waals surface area contributed by atoms with Crippen molar-refractivity contribution in [3.8, 4) is 11.3 Å². The molecule has 0 N–H and O–H groups in total. The van der Waals surface area contributed by atoms with Crippen LogP contribution in [0, 0.1) is 13.8 Å². The van der Waals surface area contributed by atoms with Crippen LogP contribution in [0.4, 0.5) is 0 Å². The minimum absolute atomic E-state index is 0.605. The number of thiol groups is 1. The molecule has 2 nitrogen and oxygen atoms in total. The molecule has 0 unspecified atom stereocenters.